The third-order valence-electron chi connectivity index (χ3n) is 2.72. The Morgan fingerprint density at radius 3 is 2.26 bits per heavy atom. The lowest BCUT2D eigenvalue weighted by Gasteiger charge is -2.17. The predicted octanol–water partition coefficient (Wildman–Crippen LogP) is 3.65. The number of rotatable bonds is 3. The summed E-state index contributed by atoms with van der Waals surface area (Å²) in [5, 5.41) is 5.56. The molecule has 0 fully saturated rings. The fourth-order valence-corrected chi connectivity index (χ4v) is 1.74. The van der Waals surface area contributed by atoms with Crippen LogP contribution in [0.4, 0.5) is 5.69 Å². The molecule has 0 saturated carbocycles. The Hall–Kier alpha value is -2.42. The van der Waals surface area contributed by atoms with Gasteiger partial charge < -0.3 is 0 Å². The number of nitrogens with zero attached hydrogens (tertiary/aromatic N) is 2. The van der Waals surface area contributed by atoms with Crippen molar-refractivity contribution in [3.8, 4) is 0 Å². The number of benzene rings is 2. The van der Waals surface area contributed by atoms with Crippen molar-refractivity contribution >= 4 is 17.8 Å². The molecule has 2 rings (SSSR count). The number of amides is 1. The van der Waals surface area contributed by atoms with Gasteiger partial charge in [0.05, 0.1) is 5.69 Å². The molecule has 3 nitrogen and oxygen atoms in total. The fraction of sp³-hybridized carbons (Fsp3) is 0.125. The molecule has 19 heavy (non-hydrogen) atoms. The van der Waals surface area contributed by atoms with Crippen molar-refractivity contribution in [3.63, 3.8) is 0 Å². The second-order valence-electron chi connectivity index (χ2n) is 4.19. The van der Waals surface area contributed by atoms with Crippen molar-refractivity contribution in [2.75, 3.05) is 5.01 Å². The summed E-state index contributed by atoms with van der Waals surface area (Å²) in [6.07, 6.45) is 1.61. The Morgan fingerprint density at radius 1 is 1.05 bits per heavy atom. The number of hydrogen-bond donors (Lipinski definition) is 0. The average molecular weight is 252 g/mol. The molecule has 0 aliphatic carbocycles. The Labute approximate surface area is 113 Å². The highest BCUT2D eigenvalue weighted by molar-refractivity contribution is 6.06. The quantitative estimate of drug-likeness (QED) is 0.606. The summed E-state index contributed by atoms with van der Waals surface area (Å²) in [7, 11) is 0. The lowest BCUT2D eigenvalue weighted by atomic mass is 10.1. The van der Waals surface area contributed by atoms with Crippen LogP contribution in [0.15, 0.2) is 59.7 Å². The monoisotopic (exact) mass is 252 g/mol. The maximum atomic E-state index is 12.5. The number of aryl methyl sites for hydroxylation is 1. The molecule has 0 unspecified atom stereocenters. The van der Waals surface area contributed by atoms with Crippen LogP contribution >= 0.6 is 0 Å². The van der Waals surface area contributed by atoms with Crippen molar-refractivity contribution in [3.05, 3.63) is 65.7 Å². The van der Waals surface area contributed by atoms with E-state index in [1.54, 1.807) is 13.1 Å². The van der Waals surface area contributed by atoms with Crippen molar-refractivity contribution in [2.24, 2.45) is 5.10 Å². The topological polar surface area (TPSA) is 32.7 Å². The van der Waals surface area contributed by atoms with Crippen LogP contribution in [-0.2, 0) is 0 Å². The molecular formula is C16H16N2O. The summed E-state index contributed by atoms with van der Waals surface area (Å²) in [6, 6.07) is 16.9. The molecule has 1 amide bonds. The van der Waals surface area contributed by atoms with Gasteiger partial charge in [-0.2, -0.15) is 10.1 Å². The number of hydrazone groups is 1. The van der Waals surface area contributed by atoms with E-state index >= 15 is 0 Å². The molecule has 96 valence electrons. The van der Waals surface area contributed by atoms with Gasteiger partial charge in [0.1, 0.15) is 0 Å². The van der Waals surface area contributed by atoms with Crippen LogP contribution in [0.3, 0.4) is 0 Å². The van der Waals surface area contributed by atoms with Crippen molar-refractivity contribution in [1.29, 1.82) is 0 Å². The Morgan fingerprint density at radius 2 is 1.68 bits per heavy atom. The zero-order valence-electron chi connectivity index (χ0n) is 11.1. The molecule has 0 saturated heterocycles. The van der Waals surface area contributed by atoms with E-state index in [2.05, 4.69) is 5.10 Å². The Kier molecular flexibility index (Phi) is 4.08. The molecule has 0 aliphatic rings. The van der Waals surface area contributed by atoms with Crippen LogP contribution < -0.4 is 5.01 Å². The first kappa shape index (κ1) is 13.0. The lowest BCUT2D eigenvalue weighted by molar-refractivity contribution is 0.0988. The predicted molar refractivity (Wildman–Crippen MR) is 78.6 cm³/mol. The second kappa shape index (κ2) is 5.96. The second-order valence-corrected chi connectivity index (χ2v) is 4.19. The smallest absolute Gasteiger partial charge is 0.267 e. The zero-order chi connectivity index (χ0) is 13.7. The van der Waals surface area contributed by atoms with Gasteiger partial charge >= 0.3 is 0 Å². The van der Waals surface area contributed by atoms with Crippen LogP contribution in [0, 0.1) is 6.92 Å². The van der Waals surface area contributed by atoms with E-state index in [1.165, 1.54) is 5.01 Å². The molecule has 0 aliphatic heterocycles. The minimum atomic E-state index is -0.135. The average Bonchev–Trinajstić information content (AvgIpc) is 2.46. The van der Waals surface area contributed by atoms with Gasteiger partial charge in [0.2, 0.25) is 0 Å². The Bertz CT molecular complexity index is 573. The van der Waals surface area contributed by atoms with Crippen LogP contribution in [0.2, 0.25) is 0 Å². The van der Waals surface area contributed by atoms with Crippen LogP contribution in [0.25, 0.3) is 0 Å². The molecular weight excluding hydrogens is 236 g/mol. The summed E-state index contributed by atoms with van der Waals surface area (Å²) in [5.41, 5.74) is 2.51. The fourth-order valence-electron chi connectivity index (χ4n) is 1.74. The van der Waals surface area contributed by atoms with Crippen LogP contribution in [-0.4, -0.2) is 12.1 Å². The molecule has 2 aromatic carbocycles. The highest BCUT2D eigenvalue weighted by atomic mass is 16.2. The summed E-state index contributed by atoms with van der Waals surface area (Å²) in [5.74, 6) is -0.135. The number of hydrogen-bond acceptors (Lipinski definition) is 2. The van der Waals surface area contributed by atoms with E-state index in [9.17, 15) is 4.79 Å². The van der Waals surface area contributed by atoms with E-state index in [4.69, 9.17) is 0 Å². The maximum absolute atomic E-state index is 12.5. The SMILES string of the molecule is C/C=N/N(C(=O)c1ccc(C)cc1)c1ccccc1. The van der Waals surface area contributed by atoms with Crippen LogP contribution in [0.1, 0.15) is 22.8 Å². The number of carbonyl (C=O) groups excluding carboxylic acids is 1. The molecule has 0 atom stereocenters. The normalized spacial score (nSPS) is 10.6. The van der Waals surface area contributed by atoms with Crippen LogP contribution in [0.5, 0.6) is 0 Å². The van der Waals surface area contributed by atoms with E-state index in [-0.39, 0.29) is 5.91 Å². The van der Waals surface area contributed by atoms with Gasteiger partial charge in [-0.25, -0.2) is 0 Å². The van der Waals surface area contributed by atoms with Gasteiger partial charge in [-0.3, -0.25) is 4.79 Å². The van der Waals surface area contributed by atoms with Gasteiger partial charge in [0.25, 0.3) is 5.91 Å². The Balaban J connectivity index is 2.35. The van der Waals surface area contributed by atoms with Gasteiger partial charge in [-0.1, -0.05) is 35.9 Å². The largest absolute Gasteiger partial charge is 0.278 e. The maximum Gasteiger partial charge on any atom is 0.278 e. The molecule has 3 heteroatoms. The molecule has 0 bridgehead atoms. The summed E-state index contributed by atoms with van der Waals surface area (Å²) in [4.78, 5) is 12.5. The molecule has 2 aromatic rings. The van der Waals surface area contributed by atoms with E-state index in [0.29, 0.717) is 5.56 Å². The lowest BCUT2D eigenvalue weighted by Crippen LogP contribution is -2.25. The van der Waals surface area contributed by atoms with Gasteiger partial charge in [-0.15, -0.1) is 0 Å². The zero-order valence-corrected chi connectivity index (χ0v) is 11.1. The standard InChI is InChI=1S/C16H16N2O/c1-3-17-18(15-7-5-4-6-8-15)16(19)14-11-9-13(2)10-12-14/h3-12H,1-2H3/b17-3+. The first-order valence-electron chi connectivity index (χ1n) is 6.17. The number of para-hydroxylation sites is 1. The van der Waals surface area contributed by atoms with Crippen molar-refractivity contribution < 1.29 is 4.79 Å². The summed E-state index contributed by atoms with van der Waals surface area (Å²) < 4.78 is 0. The highest BCUT2D eigenvalue weighted by Crippen LogP contribution is 2.17. The minimum Gasteiger partial charge on any atom is -0.267 e. The summed E-state index contributed by atoms with van der Waals surface area (Å²) >= 11 is 0. The highest BCUT2D eigenvalue weighted by Gasteiger charge is 2.16. The number of anilines is 1. The molecule has 0 radical (unpaired) electrons. The third-order valence-corrected chi connectivity index (χ3v) is 2.72. The third kappa shape index (κ3) is 3.07. The molecule has 0 N–H and O–H groups in total. The van der Waals surface area contributed by atoms with Crippen molar-refractivity contribution in [2.45, 2.75) is 13.8 Å². The summed E-state index contributed by atoms with van der Waals surface area (Å²) in [6.45, 7) is 3.78. The molecule has 0 aromatic heterocycles. The van der Waals surface area contributed by atoms with Gasteiger partial charge in [0.15, 0.2) is 0 Å². The minimum absolute atomic E-state index is 0.135. The first-order valence-corrected chi connectivity index (χ1v) is 6.17. The molecule has 0 spiro atoms. The first-order chi connectivity index (χ1) is 9.22. The van der Waals surface area contributed by atoms with E-state index in [1.807, 2.05) is 61.5 Å². The molecule has 0 heterocycles. The van der Waals surface area contributed by atoms with E-state index in [0.717, 1.165) is 11.3 Å². The van der Waals surface area contributed by atoms with E-state index < -0.39 is 0 Å². The van der Waals surface area contributed by atoms with Gasteiger partial charge in [-0.05, 0) is 38.1 Å². The van der Waals surface area contributed by atoms with Gasteiger partial charge in [0, 0.05) is 11.8 Å². The number of carbonyl (C=O) groups is 1. The van der Waals surface area contributed by atoms with Crippen molar-refractivity contribution in [1.82, 2.24) is 0 Å².